The molecule has 4 N–H and O–H groups in total. The van der Waals surface area contributed by atoms with E-state index >= 15 is 0 Å². The van der Waals surface area contributed by atoms with Crippen molar-refractivity contribution >= 4 is 11.9 Å². The van der Waals surface area contributed by atoms with E-state index in [-0.39, 0.29) is 35.0 Å². The highest BCUT2D eigenvalue weighted by atomic mass is 16.6. The zero-order chi connectivity index (χ0) is 47.0. The summed E-state index contributed by atoms with van der Waals surface area (Å²) in [5.74, 6) is 13.5. The van der Waals surface area contributed by atoms with Gasteiger partial charge in [-0.2, -0.15) is 0 Å². The number of fused-ring (bicyclic) bond motifs is 2. The average molecular weight is 881 g/mol. The zero-order valence-corrected chi connectivity index (χ0v) is 40.8. The molecular weight excluding hydrogens is 801 g/mol. The van der Waals surface area contributed by atoms with Crippen LogP contribution in [-0.4, -0.2) is 68.0 Å². The normalized spacial score (nSPS) is 33.8. The number of hydrogen-bond donors (Lipinski definition) is 4. The number of aliphatic hydroxyl groups excluding tert-OH is 2. The monoisotopic (exact) mass is 881 g/mol. The van der Waals surface area contributed by atoms with E-state index in [2.05, 4.69) is 87.8 Å². The van der Waals surface area contributed by atoms with Crippen LogP contribution in [0.5, 0.6) is 0 Å². The molecule has 0 aromatic carbocycles. The Hall–Kier alpha value is -3.66. The Labute approximate surface area is 385 Å². The maximum atomic E-state index is 11.5. The number of aliphatic hydroxyl groups is 4. The summed E-state index contributed by atoms with van der Waals surface area (Å²) in [5.41, 5.74) is 6.83. The molecule has 6 aliphatic carbocycles. The molecule has 0 amide bonds. The van der Waals surface area contributed by atoms with Crippen molar-refractivity contribution in [3.05, 3.63) is 69.9 Å². The molecule has 0 spiro atoms. The number of carbonyl (C=O) groups excluding carboxylic acids is 2. The fourth-order valence-corrected chi connectivity index (χ4v) is 12.0. The third-order valence-corrected chi connectivity index (χ3v) is 14.7. The van der Waals surface area contributed by atoms with Crippen molar-refractivity contribution in [2.24, 2.45) is 34.5 Å². The molecule has 0 heterocycles. The Morgan fingerprint density at radius 1 is 0.688 bits per heavy atom. The average Bonchev–Trinajstić information content (AvgIpc) is 3.72. The van der Waals surface area contributed by atoms with Crippen molar-refractivity contribution in [1.29, 1.82) is 0 Å². The fraction of sp³-hybridized carbons (Fsp3) is 0.679. The minimum atomic E-state index is -0.952. The molecule has 4 saturated carbocycles. The lowest BCUT2D eigenvalue weighted by Crippen LogP contribution is -2.32. The molecule has 0 radical (unpaired) electrons. The lowest BCUT2D eigenvalue weighted by Gasteiger charge is -2.42. The number of ether oxygens (including phenoxy) is 2. The first kappa shape index (κ1) is 51.3. The van der Waals surface area contributed by atoms with Gasteiger partial charge in [-0.25, -0.2) is 0 Å². The highest BCUT2D eigenvalue weighted by molar-refractivity contribution is 5.67. The lowest BCUT2D eigenvalue weighted by atomic mass is 9.62. The quantitative estimate of drug-likeness (QED) is 0.108. The number of esters is 2. The van der Waals surface area contributed by atoms with E-state index in [4.69, 9.17) is 9.47 Å². The molecule has 4 fully saturated rings. The van der Waals surface area contributed by atoms with Crippen LogP contribution < -0.4 is 0 Å². The maximum absolute atomic E-state index is 11.5. The first-order valence-electron chi connectivity index (χ1n) is 24.3. The summed E-state index contributed by atoms with van der Waals surface area (Å²) in [4.78, 5) is 23.1. The van der Waals surface area contributed by atoms with Gasteiger partial charge in [0, 0.05) is 46.0 Å². The molecule has 8 nitrogen and oxygen atoms in total. The highest BCUT2D eigenvalue weighted by Gasteiger charge is 2.47. The summed E-state index contributed by atoms with van der Waals surface area (Å²) in [5, 5.41) is 39.6. The molecule has 6 unspecified atom stereocenters. The number of allylic oxidation sites excluding steroid dienone is 10. The Bertz CT molecular complexity index is 1970. The Balaban J connectivity index is 0.000000245. The van der Waals surface area contributed by atoms with Crippen LogP contribution >= 0.6 is 0 Å². The standard InChI is InChI=1S/C30H42O5.C26H38O3/c1-20(9-7-15-29(4,5)33)27-13-14-28-24(10-8-16-30(27,28)6)12-11-23-17-25(34-21(2)31)19-26(18-23)35-22(3)32;1-18(7-5-13-25(2,3)29)23-11-12-24-20(8-6-14-26(23,24)4)10-9-19-15-21(27)17-22(28)16-19/h11-13,20,25-26,28,33H,8-10,14,16-19H2,1-6H3;9-11,18,21-22,24,27-29H,6-8,12,14-17H2,1-4H3/b23-11?,24-12+;19-9?,20-10+/t20?,25-,26?,28?,30-;18?,21-,22?,24?,26-/m11/s1. The molecule has 8 heteroatoms. The lowest BCUT2D eigenvalue weighted by molar-refractivity contribution is -0.154. The first-order valence-corrected chi connectivity index (χ1v) is 24.3. The SMILES string of the molecule is CC(=O)OC1CC(=C/C=C2\CCC[C@]3(C)C(C(C)CC#CC(C)(C)O)=CCC23)C[C@@H](OC(C)=O)C1.CC(CC#CC(C)(C)O)C1=CCC2/C(=C/C=C3CC(O)C[C@H](O)C3)CCC[C@]12C. The molecule has 0 aliphatic heterocycles. The van der Waals surface area contributed by atoms with E-state index in [0.29, 0.717) is 62.2 Å². The second-order valence-electron chi connectivity index (χ2n) is 21.6. The van der Waals surface area contributed by atoms with Gasteiger partial charge < -0.3 is 29.9 Å². The first-order chi connectivity index (χ1) is 30.0. The van der Waals surface area contributed by atoms with Gasteiger partial charge in [0.1, 0.15) is 23.4 Å². The fourth-order valence-electron chi connectivity index (χ4n) is 12.0. The number of hydrogen-bond acceptors (Lipinski definition) is 8. The van der Waals surface area contributed by atoms with Gasteiger partial charge in [-0.1, -0.05) is 121 Å². The van der Waals surface area contributed by atoms with Crippen molar-refractivity contribution in [3.8, 4) is 23.7 Å². The van der Waals surface area contributed by atoms with Crippen molar-refractivity contribution in [2.75, 3.05) is 0 Å². The van der Waals surface area contributed by atoms with Gasteiger partial charge in [-0.15, -0.1) is 0 Å². The van der Waals surface area contributed by atoms with Gasteiger partial charge in [0.15, 0.2) is 0 Å². The van der Waals surface area contributed by atoms with Gasteiger partial charge in [0.2, 0.25) is 0 Å². The molecular formula is C56H80O8. The third kappa shape index (κ3) is 14.2. The van der Waals surface area contributed by atoms with E-state index in [1.54, 1.807) is 27.7 Å². The van der Waals surface area contributed by atoms with Crippen LogP contribution in [0.4, 0.5) is 0 Å². The minimum absolute atomic E-state index is 0.144. The van der Waals surface area contributed by atoms with Crippen LogP contribution in [0.25, 0.3) is 0 Å². The molecule has 352 valence electrons. The van der Waals surface area contributed by atoms with E-state index in [1.807, 2.05) is 0 Å². The summed E-state index contributed by atoms with van der Waals surface area (Å²) in [6.45, 7) is 19.1. The van der Waals surface area contributed by atoms with Gasteiger partial charge in [-0.05, 0) is 133 Å². The summed E-state index contributed by atoms with van der Waals surface area (Å²) in [6.07, 6.45) is 27.0. The predicted octanol–water partition coefficient (Wildman–Crippen LogP) is 10.5. The molecule has 64 heavy (non-hydrogen) atoms. The second kappa shape index (κ2) is 21.8. The predicted molar refractivity (Wildman–Crippen MR) is 255 cm³/mol. The van der Waals surface area contributed by atoms with E-state index in [0.717, 1.165) is 56.1 Å². The molecule has 0 saturated heterocycles. The van der Waals surface area contributed by atoms with Crippen molar-refractivity contribution in [2.45, 2.75) is 208 Å². The van der Waals surface area contributed by atoms with Crippen molar-refractivity contribution in [1.82, 2.24) is 0 Å². The number of carbonyl (C=O) groups is 2. The molecule has 0 bridgehead atoms. The Morgan fingerprint density at radius 2 is 1.08 bits per heavy atom. The van der Waals surface area contributed by atoms with Crippen LogP contribution in [0, 0.1) is 58.2 Å². The Morgan fingerprint density at radius 3 is 1.45 bits per heavy atom. The van der Waals surface area contributed by atoms with Gasteiger partial charge in [0.25, 0.3) is 0 Å². The number of rotatable bonds is 8. The summed E-state index contributed by atoms with van der Waals surface area (Å²) in [6, 6.07) is 0. The van der Waals surface area contributed by atoms with Crippen LogP contribution in [0.15, 0.2) is 69.9 Å². The molecule has 6 aliphatic rings. The van der Waals surface area contributed by atoms with Crippen molar-refractivity contribution < 1.29 is 39.5 Å². The molecule has 10 atom stereocenters. The van der Waals surface area contributed by atoms with E-state index in [1.165, 1.54) is 55.4 Å². The second-order valence-corrected chi connectivity index (χ2v) is 21.6. The maximum Gasteiger partial charge on any atom is 0.302 e. The van der Waals surface area contributed by atoms with Crippen LogP contribution in [0.2, 0.25) is 0 Å². The highest BCUT2D eigenvalue weighted by Crippen LogP contribution is 2.58. The van der Waals surface area contributed by atoms with Crippen molar-refractivity contribution in [3.63, 3.8) is 0 Å². The molecule has 0 aromatic heterocycles. The van der Waals surface area contributed by atoms with Gasteiger partial charge in [0.05, 0.1) is 12.2 Å². The summed E-state index contributed by atoms with van der Waals surface area (Å²) >= 11 is 0. The third-order valence-electron chi connectivity index (χ3n) is 14.7. The topological polar surface area (TPSA) is 134 Å². The van der Waals surface area contributed by atoms with Crippen LogP contribution in [-0.2, 0) is 19.1 Å². The van der Waals surface area contributed by atoms with Crippen LogP contribution in [0.1, 0.15) is 172 Å². The molecule has 0 aromatic rings. The van der Waals surface area contributed by atoms with Gasteiger partial charge >= 0.3 is 11.9 Å². The Kier molecular flexibility index (Phi) is 17.5. The summed E-state index contributed by atoms with van der Waals surface area (Å²) in [7, 11) is 0. The van der Waals surface area contributed by atoms with E-state index in [9.17, 15) is 30.0 Å². The largest absolute Gasteiger partial charge is 0.462 e. The minimum Gasteiger partial charge on any atom is -0.462 e. The zero-order valence-electron chi connectivity index (χ0n) is 40.8. The van der Waals surface area contributed by atoms with E-state index < -0.39 is 23.4 Å². The van der Waals surface area contributed by atoms with Crippen LogP contribution in [0.3, 0.4) is 0 Å². The van der Waals surface area contributed by atoms with Gasteiger partial charge in [-0.3, -0.25) is 9.59 Å². The molecule has 6 rings (SSSR count). The summed E-state index contributed by atoms with van der Waals surface area (Å²) < 4.78 is 11.0. The smallest absolute Gasteiger partial charge is 0.302 e.